The summed E-state index contributed by atoms with van der Waals surface area (Å²) in [7, 11) is 0. The van der Waals surface area contributed by atoms with Crippen LogP contribution in [-0.4, -0.2) is 20.5 Å². The van der Waals surface area contributed by atoms with E-state index in [1.54, 1.807) is 17.5 Å². The molecule has 0 bridgehead atoms. The minimum absolute atomic E-state index is 0.0413. The van der Waals surface area contributed by atoms with Crippen molar-refractivity contribution in [1.29, 1.82) is 0 Å². The Labute approximate surface area is 172 Å². The predicted octanol–water partition coefficient (Wildman–Crippen LogP) is 5.00. The van der Waals surface area contributed by atoms with E-state index >= 15 is 0 Å². The molecule has 1 amide bonds. The van der Waals surface area contributed by atoms with Gasteiger partial charge in [0, 0.05) is 24.4 Å². The number of nitrogens with zero attached hydrogens (tertiary/aromatic N) is 3. The van der Waals surface area contributed by atoms with Gasteiger partial charge in [-0.15, -0.1) is 0 Å². The van der Waals surface area contributed by atoms with Gasteiger partial charge in [0.2, 0.25) is 5.91 Å². The molecule has 0 aliphatic heterocycles. The molecule has 0 radical (unpaired) electrons. The molecule has 0 saturated carbocycles. The molecule has 4 rings (SSSR count). The van der Waals surface area contributed by atoms with Crippen molar-refractivity contribution >= 4 is 17.2 Å². The Bertz CT molecular complexity index is 1210. The van der Waals surface area contributed by atoms with E-state index in [4.69, 9.17) is 0 Å². The van der Waals surface area contributed by atoms with Crippen LogP contribution in [0.2, 0.25) is 0 Å². The van der Waals surface area contributed by atoms with Crippen molar-refractivity contribution in [3.63, 3.8) is 0 Å². The standard InChI is InChI=1S/C23H20F2N4O/c1-15-11-19(7-8-20(15)23(2,24)25)28-22(30)12-16-3-5-17(6-4-16)18-9-10-29-21(13-18)26-14-27-29/h3-11,13-14H,12H2,1-2H3,(H,28,30). The highest BCUT2D eigenvalue weighted by molar-refractivity contribution is 5.92. The van der Waals surface area contributed by atoms with Gasteiger partial charge in [0.1, 0.15) is 6.33 Å². The monoisotopic (exact) mass is 406 g/mol. The van der Waals surface area contributed by atoms with E-state index in [-0.39, 0.29) is 17.9 Å². The number of amides is 1. The molecule has 1 N–H and O–H groups in total. The summed E-state index contributed by atoms with van der Waals surface area (Å²) in [5, 5.41) is 6.85. The molecule has 0 unspecified atom stereocenters. The summed E-state index contributed by atoms with van der Waals surface area (Å²) in [5.41, 5.74) is 4.54. The van der Waals surface area contributed by atoms with Gasteiger partial charge in [0.25, 0.3) is 5.92 Å². The van der Waals surface area contributed by atoms with E-state index in [1.165, 1.54) is 18.5 Å². The van der Waals surface area contributed by atoms with Crippen molar-refractivity contribution < 1.29 is 13.6 Å². The molecule has 152 valence electrons. The lowest BCUT2D eigenvalue weighted by atomic mass is 10.0. The Balaban J connectivity index is 1.43. The molecule has 0 saturated heterocycles. The third-order valence-electron chi connectivity index (χ3n) is 4.92. The number of carbonyl (C=O) groups is 1. The van der Waals surface area contributed by atoms with E-state index in [9.17, 15) is 13.6 Å². The molecule has 2 heterocycles. The summed E-state index contributed by atoms with van der Waals surface area (Å²) in [5.74, 6) is -3.12. The third kappa shape index (κ3) is 4.20. The van der Waals surface area contributed by atoms with Crippen LogP contribution in [0.25, 0.3) is 16.8 Å². The number of halogens is 2. The number of carbonyl (C=O) groups excluding carboxylic acids is 1. The van der Waals surface area contributed by atoms with Crippen LogP contribution in [0.5, 0.6) is 0 Å². The second kappa shape index (κ2) is 7.67. The summed E-state index contributed by atoms with van der Waals surface area (Å²) < 4.78 is 28.7. The van der Waals surface area contributed by atoms with E-state index in [2.05, 4.69) is 15.4 Å². The molecule has 2 aromatic heterocycles. The molecule has 7 heteroatoms. The van der Waals surface area contributed by atoms with Crippen molar-refractivity contribution in [2.75, 3.05) is 5.32 Å². The lowest BCUT2D eigenvalue weighted by molar-refractivity contribution is -0.115. The predicted molar refractivity (Wildman–Crippen MR) is 112 cm³/mol. The molecular formula is C23H20F2N4O. The first-order valence-corrected chi connectivity index (χ1v) is 9.47. The molecule has 5 nitrogen and oxygen atoms in total. The van der Waals surface area contributed by atoms with Crippen LogP contribution < -0.4 is 5.32 Å². The number of aromatic nitrogens is 3. The minimum atomic E-state index is -2.91. The average molecular weight is 406 g/mol. The summed E-state index contributed by atoms with van der Waals surface area (Å²) in [6.45, 7) is 2.47. The van der Waals surface area contributed by atoms with Gasteiger partial charge in [-0.2, -0.15) is 5.10 Å². The number of nitrogens with one attached hydrogen (secondary N) is 1. The zero-order chi connectivity index (χ0) is 21.3. The highest BCUT2D eigenvalue weighted by atomic mass is 19.3. The zero-order valence-corrected chi connectivity index (χ0v) is 16.6. The number of rotatable bonds is 5. The van der Waals surface area contributed by atoms with Crippen LogP contribution >= 0.6 is 0 Å². The zero-order valence-electron chi connectivity index (χ0n) is 16.6. The van der Waals surface area contributed by atoms with Gasteiger partial charge < -0.3 is 5.32 Å². The summed E-state index contributed by atoms with van der Waals surface area (Å²) in [6.07, 6.45) is 3.54. The second-order valence-corrected chi connectivity index (χ2v) is 7.32. The molecule has 0 spiro atoms. The molecule has 4 aromatic rings. The Hall–Kier alpha value is -3.61. The van der Waals surface area contributed by atoms with E-state index in [1.807, 2.05) is 42.6 Å². The van der Waals surface area contributed by atoms with Gasteiger partial charge >= 0.3 is 0 Å². The third-order valence-corrected chi connectivity index (χ3v) is 4.92. The fourth-order valence-electron chi connectivity index (χ4n) is 3.43. The van der Waals surface area contributed by atoms with Crippen LogP contribution in [0, 0.1) is 6.92 Å². The largest absolute Gasteiger partial charge is 0.326 e. The van der Waals surface area contributed by atoms with Gasteiger partial charge in [-0.1, -0.05) is 30.3 Å². The number of pyridine rings is 1. The first-order chi connectivity index (χ1) is 14.3. The molecule has 0 aliphatic carbocycles. The van der Waals surface area contributed by atoms with Crippen LogP contribution in [0.3, 0.4) is 0 Å². The maximum absolute atomic E-state index is 13.5. The first kappa shape index (κ1) is 19.7. The summed E-state index contributed by atoms with van der Waals surface area (Å²) in [4.78, 5) is 16.6. The second-order valence-electron chi connectivity index (χ2n) is 7.32. The van der Waals surface area contributed by atoms with Crippen molar-refractivity contribution in [2.24, 2.45) is 0 Å². The smallest absolute Gasteiger partial charge is 0.270 e. The highest BCUT2D eigenvalue weighted by Gasteiger charge is 2.26. The Morgan fingerprint density at radius 2 is 1.83 bits per heavy atom. The number of aryl methyl sites for hydroxylation is 1. The van der Waals surface area contributed by atoms with Crippen molar-refractivity contribution in [2.45, 2.75) is 26.2 Å². The first-order valence-electron chi connectivity index (χ1n) is 9.47. The average Bonchev–Trinajstić information content (AvgIpc) is 3.15. The fraction of sp³-hybridized carbons (Fsp3) is 0.174. The Morgan fingerprint density at radius 3 is 2.53 bits per heavy atom. The maximum atomic E-state index is 13.5. The van der Waals surface area contributed by atoms with Gasteiger partial charge in [0.05, 0.1) is 6.42 Å². The normalized spacial score (nSPS) is 11.6. The lowest BCUT2D eigenvalue weighted by Gasteiger charge is -2.15. The summed E-state index contributed by atoms with van der Waals surface area (Å²) in [6, 6.07) is 16.0. The van der Waals surface area contributed by atoms with E-state index < -0.39 is 5.92 Å². The van der Waals surface area contributed by atoms with Gasteiger partial charge in [-0.25, -0.2) is 18.3 Å². The Morgan fingerprint density at radius 1 is 1.07 bits per heavy atom. The molecule has 0 fully saturated rings. The fourth-order valence-corrected chi connectivity index (χ4v) is 3.43. The maximum Gasteiger partial charge on any atom is 0.270 e. The molecular weight excluding hydrogens is 386 g/mol. The lowest BCUT2D eigenvalue weighted by Crippen LogP contribution is -2.15. The Kier molecular flexibility index (Phi) is 5.03. The van der Waals surface area contributed by atoms with Crippen LogP contribution in [0.15, 0.2) is 67.1 Å². The van der Waals surface area contributed by atoms with Gasteiger partial charge in [0.15, 0.2) is 5.65 Å². The quantitative estimate of drug-likeness (QED) is 0.508. The van der Waals surface area contributed by atoms with Crippen molar-refractivity contribution in [1.82, 2.24) is 14.6 Å². The minimum Gasteiger partial charge on any atom is -0.326 e. The number of alkyl halides is 2. The number of fused-ring (bicyclic) bond motifs is 1. The van der Waals surface area contributed by atoms with Crippen molar-refractivity contribution in [3.05, 3.63) is 83.8 Å². The SMILES string of the molecule is Cc1cc(NC(=O)Cc2ccc(-c3ccn4ncnc4c3)cc2)ccc1C(C)(F)F. The van der Waals surface area contributed by atoms with Crippen LogP contribution in [-0.2, 0) is 17.1 Å². The topological polar surface area (TPSA) is 59.3 Å². The number of hydrogen-bond acceptors (Lipinski definition) is 3. The number of benzene rings is 2. The number of hydrogen-bond donors (Lipinski definition) is 1. The van der Waals surface area contributed by atoms with Crippen molar-refractivity contribution in [3.8, 4) is 11.1 Å². The molecule has 0 atom stereocenters. The molecule has 2 aromatic carbocycles. The van der Waals surface area contributed by atoms with Crippen LogP contribution in [0.1, 0.15) is 23.6 Å². The van der Waals surface area contributed by atoms with E-state index in [0.717, 1.165) is 29.3 Å². The highest BCUT2D eigenvalue weighted by Crippen LogP contribution is 2.31. The molecule has 30 heavy (non-hydrogen) atoms. The molecule has 0 aliphatic rings. The van der Waals surface area contributed by atoms with Gasteiger partial charge in [-0.3, -0.25) is 4.79 Å². The van der Waals surface area contributed by atoms with Crippen LogP contribution in [0.4, 0.5) is 14.5 Å². The number of anilines is 1. The summed E-state index contributed by atoms with van der Waals surface area (Å²) >= 11 is 0. The van der Waals surface area contributed by atoms with E-state index in [0.29, 0.717) is 11.3 Å². The van der Waals surface area contributed by atoms with Gasteiger partial charge in [-0.05, 0) is 53.4 Å².